The summed E-state index contributed by atoms with van der Waals surface area (Å²) < 4.78 is 4.98. The molecular formula is C14H15N3O4. The smallest absolute Gasteiger partial charge is 0.337 e. The van der Waals surface area contributed by atoms with Crippen LogP contribution in [-0.2, 0) is 0 Å². The topological polar surface area (TPSA) is 104 Å². The number of nitrogens with one attached hydrogen (secondary N) is 2. The molecular weight excluding hydrogens is 274 g/mol. The number of hydrogen-bond acceptors (Lipinski definition) is 4. The van der Waals surface area contributed by atoms with Crippen LogP contribution in [0.2, 0.25) is 0 Å². The highest BCUT2D eigenvalue weighted by molar-refractivity contribution is 6.08. The van der Waals surface area contributed by atoms with E-state index < -0.39 is 11.9 Å². The zero-order chi connectivity index (χ0) is 15.6. The van der Waals surface area contributed by atoms with Crippen LogP contribution in [-0.4, -0.2) is 34.3 Å². The van der Waals surface area contributed by atoms with Gasteiger partial charge in [-0.05, 0) is 32.0 Å². The molecule has 0 saturated carbocycles. The van der Waals surface area contributed by atoms with Gasteiger partial charge >= 0.3 is 5.97 Å². The van der Waals surface area contributed by atoms with Crippen molar-refractivity contribution < 1.29 is 19.4 Å². The van der Waals surface area contributed by atoms with E-state index in [1.165, 1.54) is 19.2 Å². The maximum absolute atomic E-state index is 12.3. The fraction of sp³-hybridized carbons (Fsp3) is 0.214. The number of amides is 1. The second-order valence-corrected chi connectivity index (χ2v) is 4.48. The van der Waals surface area contributed by atoms with Crippen LogP contribution in [0, 0.1) is 13.8 Å². The second kappa shape index (κ2) is 5.66. The minimum absolute atomic E-state index is 0.0403. The summed E-state index contributed by atoms with van der Waals surface area (Å²) in [5.41, 5.74) is 1.74. The van der Waals surface area contributed by atoms with Gasteiger partial charge in [0.25, 0.3) is 5.91 Å². The lowest BCUT2D eigenvalue weighted by Crippen LogP contribution is -2.16. The molecule has 0 unspecified atom stereocenters. The third kappa shape index (κ3) is 2.86. The molecule has 0 saturated heterocycles. The molecule has 7 nitrogen and oxygen atoms in total. The first-order valence-corrected chi connectivity index (χ1v) is 6.18. The lowest BCUT2D eigenvalue weighted by Gasteiger charge is -2.10. The van der Waals surface area contributed by atoms with Gasteiger partial charge in [-0.25, -0.2) is 4.79 Å². The van der Waals surface area contributed by atoms with E-state index in [4.69, 9.17) is 4.74 Å². The molecule has 110 valence electrons. The van der Waals surface area contributed by atoms with Gasteiger partial charge in [-0.3, -0.25) is 9.89 Å². The summed E-state index contributed by atoms with van der Waals surface area (Å²) in [6.07, 6.45) is 0. The number of carboxylic acid groups (broad SMARTS) is 1. The van der Waals surface area contributed by atoms with Gasteiger partial charge in [0.1, 0.15) is 5.75 Å². The molecule has 3 N–H and O–H groups in total. The van der Waals surface area contributed by atoms with Gasteiger partial charge in [-0.2, -0.15) is 5.10 Å². The highest BCUT2D eigenvalue weighted by Crippen LogP contribution is 2.23. The highest BCUT2D eigenvalue weighted by Gasteiger charge is 2.18. The number of aromatic carboxylic acids is 1. The van der Waals surface area contributed by atoms with Crippen LogP contribution in [0.5, 0.6) is 5.75 Å². The van der Waals surface area contributed by atoms with Gasteiger partial charge in [-0.1, -0.05) is 0 Å². The minimum Gasteiger partial charge on any atom is -0.497 e. The molecule has 21 heavy (non-hydrogen) atoms. The quantitative estimate of drug-likeness (QED) is 0.798. The summed E-state index contributed by atoms with van der Waals surface area (Å²) >= 11 is 0. The SMILES string of the molecule is COc1ccc(NC(=O)c2c(C)n[nH]c2C)c(C(=O)O)c1. The molecule has 0 spiro atoms. The van der Waals surface area contributed by atoms with E-state index in [0.717, 1.165) is 0 Å². The Bertz CT molecular complexity index is 687. The fourth-order valence-corrected chi connectivity index (χ4v) is 2.01. The van der Waals surface area contributed by atoms with Gasteiger partial charge in [-0.15, -0.1) is 0 Å². The number of rotatable bonds is 4. The predicted molar refractivity (Wildman–Crippen MR) is 76.0 cm³/mol. The Labute approximate surface area is 120 Å². The summed E-state index contributed by atoms with van der Waals surface area (Å²) in [6, 6.07) is 4.43. The van der Waals surface area contributed by atoms with Crippen LogP contribution < -0.4 is 10.1 Å². The first kappa shape index (κ1) is 14.6. The summed E-state index contributed by atoms with van der Waals surface area (Å²) in [6.45, 7) is 3.42. The number of carboxylic acids is 1. The molecule has 0 aliphatic carbocycles. The van der Waals surface area contributed by atoms with E-state index in [1.54, 1.807) is 19.9 Å². The van der Waals surface area contributed by atoms with Crippen LogP contribution in [0.3, 0.4) is 0 Å². The molecule has 2 rings (SSSR count). The number of aryl methyl sites for hydroxylation is 2. The van der Waals surface area contributed by atoms with E-state index in [2.05, 4.69) is 15.5 Å². The molecule has 0 fully saturated rings. The number of carbonyl (C=O) groups is 2. The first-order valence-electron chi connectivity index (χ1n) is 6.18. The molecule has 1 aromatic heterocycles. The van der Waals surface area contributed by atoms with Gasteiger partial charge in [0.15, 0.2) is 0 Å². The number of ether oxygens (including phenoxy) is 1. The number of H-pyrrole nitrogens is 1. The second-order valence-electron chi connectivity index (χ2n) is 4.48. The number of methoxy groups -OCH3 is 1. The third-order valence-electron chi connectivity index (χ3n) is 3.06. The van der Waals surface area contributed by atoms with Gasteiger partial charge in [0.2, 0.25) is 0 Å². The predicted octanol–water partition coefficient (Wildman–Crippen LogP) is 1.99. The number of nitrogens with zero attached hydrogens (tertiary/aromatic N) is 1. The van der Waals surface area contributed by atoms with Crippen molar-refractivity contribution in [2.45, 2.75) is 13.8 Å². The Morgan fingerprint density at radius 3 is 2.57 bits per heavy atom. The number of aromatic nitrogens is 2. The van der Waals surface area contributed by atoms with Crippen LogP contribution >= 0.6 is 0 Å². The number of aromatic amines is 1. The summed E-state index contributed by atoms with van der Waals surface area (Å²) in [5, 5.41) is 18.5. The zero-order valence-electron chi connectivity index (χ0n) is 11.9. The van der Waals surface area contributed by atoms with Crippen LogP contribution in [0.4, 0.5) is 5.69 Å². The van der Waals surface area contributed by atoms with E-state index in [9.17, 15) is 14.7 Å². The lowest BCUT2D eigenvalue weighted by atomic mass is 10.1. The molecule has 2 aromatic rings. The van der Waals surface area contributed by atoms with Crippen molar-refractivity contribution >= 4 is 17.6 Å². The lowest BCUT2D eigenvalue weighted by molar-refractivity contribution is 0.0697. The van der Waals surface area contributed by atoms with Crippen LogP contribution in [0.15, 0.2) is 18.2 Å². The fourth-order valence-electron chi connectivity index (χ4n) is 2.01. The van der Waals surface area contributed by atoms with Crippen LogP contribution in [0.1, 0.15) is 32.1 Å². The Kier molecular flexibility index (Phi) is 3.93. The molecule has 7 heteroatoms. The number of anilines is 1. The Hall–Kier alpha value is -2.83. The number of carbonyl (C=O) groups excluding carboxylic acids is 1. The van der Waals surface area contributed by atoms with Crippen molar-refractivity contribution in [3.05, 3.63) is 40.7 Å². The maximum atomic E-state index is 12.3. The standard InChI is InChI=1S/C14H15N3O4/c1-7-12(8(2)17-16-7)13(18)15-11-5-4-9(21-3)6-10(11)14(19)20/h4-6H,1-3H3,(H,15,18)(H,16,17)(H,19,20). The molecule has 1 heterocycles. The van der Waals surface area contributed by atoms with Crippen molar-refractivity contribution in [3.63, 3.8) is 0 Å². The minimum atomic E-state index is -1.15. The van der Waals surface area contributed by atoms with E-state index in [0.29, 0.717) is 22.7 Å². The monoisotopic (exact) mass is 289 g/mol. The van der Waals surface area contributed by atoms with Crippen molar-refractivity contribution in [3.8, 4) is 5.75 Å². The van der Waals surface area contributed by atoms with Gasteiger partial charge < -0.3 is 15.2 Å². The number of hydrogen-bond donors (Lipinski definition) is 3. The normalized spacial score (nSPS) is 10.2. The molecule has 0 bridgehead atoms. The van der Waals surface area contributed by atoms with Gasteiger partial charge in [0, 0.05) is 5.69 Å². The van der Waals surface area contributed by atoms with Crippen molar-refractivity contribution in [2.75, 3.05) is 12.4 Å². The Morgan fingerprint density at radius 2 is 2.05 bits per heavy atom. The Balaban J connectivity index is 2.35. The third-order valence-corrected chi connectivity index (χ3v) is 3.06. The summed E-state index contributed by atoms with van der Waals surface area (Å²) in [7, 11) is 1.44. The van der Waals surface area contributed by atoms with Crippen molar-refractivity contribution in [2.24, 2.45) is 0 Å². The zero-order valence-corrected chi connectivity index (χ0v) is 11.9. The molecule has 0 radical (unpaired) electrons. The Morgan fingerprint density at radius 1 is 1.33 bits per heavy atom. The molecule has 0 atom stereocenters. The first-order chi connectivity index (χ1) is 9.93. The van der Waals surface area contributed by atoms with E-state index in [-0.39, 0.29) is 11.3 Å². The van der Waals surface area contributed by atoms with Crippen LogP contribution in [0.25, 0.3) is 0 Å². The van der Waals surface area contributed by atoms with E-state index in [1.807, 2.05) is 0 Å². The number of benzene rings is 1. The largest absolute Gasteiger partial charge is 0.497 e. The molecule has 1 amide bonds. The van der Waals surface area contributed by atoms with Crippen molar-refractivity contribution in [1.29, 1.82) is 0 Å². The van der Waals surface area contributed by atoms with E-state index >= 15 is 0 Å². The average molecular weight is 289 g/mol. The summed E-state index contributed by atoms with van der Waals surface area (Å²) in [5.74, 6) is -1.16. The van der Waals surface area contributed by atoms with Gasteiger partial charge in [0.05, 0.1) is 29.6 Å². The molecule has 0 aliphatic rings. The summed E-state index contributed by atoms with van der Waals surface area (Å²) in [4.78, 5) is 23.5. The maximum Gasteiger partial charge on any atom is 0.337 e. The van der Waals surface area contributed by atoms with Crippen molar-refractivity contribution in [1.82, 2.24) is 10.2 Å². The molecule has 1 aromatic carbocycles. The molecule has 0 aliphatic heterocycles. The highest BCUT2D eigenvalue weighted by atomic mass is 16.5. The average Bonchev–Trinajstić information content (AvgIpc) is 2.78.